The van der Waals surface area contributed by atoms with Crippen molar-refractivity contribution < 1.29 is 4.74 Å². The molecule has 2 heteroatoms. The average Bonchev–Trinajstić information content (AvgIpc) is 2.99. The highest BCUT2D eigenvalue weighted by atomic mass is 16.5. The first-order valence-corrected chi connectivity index (χ1v) is 7.00. The van der Waals surface area contributed by atoms with E-state index in [1.807, 2.05) is 0 Å². The Bertz CT molecular complexity index is 209. The molecule has 0 aromatic carbocycles. The van der Waals surface area contributed by atoms with Crippen molar-refractivity contribution in [2.45, 2.75) is 45.4 Å². The fourth-order valence-electron chi connectivity index (χ4n) is 3.44. The number of ether oxygens (including phenoxy) is 1. The van der Waals surface area contributed by atoms with Crippen molar-refractivity contribution in [2.75, 3.05) is 26.8 Å². The van der Waals surface area contributed by atoms with E-state index in [4.69, 9.17) is 4.74 Å². The summed E-state index contributed by atoms with van der Waals surface area (Å²) in [6.07, 6.45) is 8.87. The second-order valence-electron chi connectivity index (χ2n) is 5.81. The van der Waals surface area contributed by atoms with Crippen LogP contribution in [0.25, 0.3) is 0 Å². The number of nitrogens with one attached hydrogen (secondary N) is 1. The summed E-state index contributed by atoms with van der Waals surface area (Å²) in [7, 11) is 1.77. The molecule has 16 heavy (non-hydrogen) atoms. The fourth-order valence-corrected chi connectivity index (χ4v) is 3.44. The lowest BCUT2D eigenvalue weighted by atomic mass is 9.77. The van der Waals surface area contributed by atoms with Crippen LogP contribution in [0.3, 0.4) is 0 Å². The monoisotopic (exact) mass is 225 g/mol. The molecule has 1 unspecified atom stereocenters. The van der Waals surface area contributed by atoms with Gasteiger partial charge >= 0.3 is 0 Å². The Balaban J connectivity index is 1.62. The first-order chi connectivity index (χ1) is 7.80. The molecular formula is C14H27NO. The lowest BCUT2D eigenvalue weighted by Crippen LogP contribution is -2.25. The third-order valence-electron chi connectivity index (χ3n) is 4.91. The van der Waals surface area contributed by atoms with E-state index in [1.165, 1.54) is 45.1 Å². The van der Waals surface area contributed by atoms with Crippen LogP contribution in [0.5, 0.6) is 0 Å². The molecule has 2 rings (SSSR count). The van der Waals surface area contributed by atoms with Crippen molar-refractivity contribution in [3.05, 3.63) is 0 Å². The van der Waals surface area contributed by atoms with Crippen molar-refractivity contribution in [2.24, 2.45) is 17.3 Å². The molecule has 0 aliphatic heterocycles. The lowest BCUT2D eigenvalue weighted by Gasteiger charge is -2.29. The summed E-state index contributed by atoms with van der Waals surface area (Å²) < 4.78 is 5.05. The van der Waals surface area contributed by atoms with Gasteiger partial charge in [-0.3, -0.25) is 0 Å². The van der Waals surface area contributed by atoms with Gasteiger partial charge in [0.1, 0.15) is 0 Å². The van der Waals surface area contributed by atoms with Gasteiger partial charge in [-0.1, -0.05) is 13.3 Å². The van der Waals surface area contributed by atoms with Gasteiger partial charge in [0.15, 0.2) is 0 Å². The van der Waals surface area contributed by atoms with Crippen molar-refractivity contribution in [1.82, 2.24) is 5.32 Å². The Morgan fingerprint density at radius 3 is 2.69 bits per heavy atom. The molecule has 1 N–H and O–H groups in total. The number of hydrogen-bond acceptors (Lipinski definition) is 2. The summed E-state index contributed by atoms with van der Waals surface area (Å²) in [6.45, 7) is 5.43. The molecule has 0 heterocycles. The van der Waals surface area contributed by atoms with Crippen LogP contribution in [0.15, 0.2) is 0 Å². The Labute approximate surface area is 100 Å². The van der Waals surface area contributed by atoms with Crippen molar-refractivity contribution in [3.8, 4) is 0 Å². The third kappa shape index (κ3) is 2.78. The largest absolute Gasteiger partial charge is 0.383 e. The molecule has 0 aromatic heterocycles. The predicted molar refractivity (Wildman–Crippen MR) is 67.5 cm³/mol. The van der Waals surface area contributed by atoms with E-state index >= 15 is 0 Å². The number of methoxy groups -OCH3 is 1. The van der Waals surface area contributed by atoms with Gasteiger partial charge in [-0.05, 0) is 55.9 Å². The van der Waals surface area contributed by atoms with Crippen LogP contribution in [0, 0.1) is 17.3 Å². The normalized spacial score (nSPS) is 37.9. The minimum absolute atomic E-state index is 0.770. The highest BCUT2D eigenvalue weighted by Crippen LogP contribution is 2.61. The highest BCUT2D eigenvalue weighted by Gasteiger charge is 2.53. The zero-order valence-corrected chi connectivity index (χ0v) is 10.9. The molecule has 94 valence electrons. The lowest BCUT2D eigenvalue weighted by molar-refractivity contribution is 0.196. The maximum absolute atomic E-state index is 5.05. The smallest absolute Gasteiger partial charge is 0.0587 e. The maximum Gasteiger partial charge on any atom is 0.0587 e. The van der Waals surface area contributed by atoms with Gasteiger partial charge in [0.25, 0.3) is 0 Å². The van der Waals surface area contributed by atoms with Gasteiger partial charge in [-0.25, -0.2) is 0 Å². The molecule has 0 aromatic rings. The van der Waals surface area contributed by atoms with Crippen LogP contribution in [0.1, 0.15) is 45.4 Å². The summed E-state index contributed by atoms with van der Waals surface area (Å²) in [5.41, 5.74) is 0.770. The Morgan fingerprint density at radius 1 is 1.31 bits per heavy atom. The Kier molecular flexibility index (Phi) is 4.26. The zero-order valence-electron chi connectivity index (χ0n) is 10.9. The first kappa shape index (κ1) is 12.4. The van der Waals surface area contributed by atoms with E-state index in [0.717, 1.165) is 30.4 Å². The first-order valence-electron chi connectivity index (χ1n) is 7.00. The minimum atomic E-state index is 0.770. The third-order valence-corrected chi connectivity index (χ3v) is 4.91. The van der Waals surface area contributed by atoms with Crippen LogP contribution < -0.4 is 5.32 Å². The van der Waals surface area contributed by atoms with Crippen molar-refractivity contribution >= 4 is 0 Å². The van der Waals surface area contributed by atoms with Crippen LogP contribution in [-0.4, -0.2) is 26.8 Å². The molecule has 2 saturated carbocycles. The Morgan fingerprint density at radius 2 is 2.06 bits per heavy atom. The van der Waals surface area contributed by atoms with Gasteiger partial charge in [-0.2, -0.15) is 0 Å². The van der Waals surface area contributed by atoms with E-state index < -0.39 is 0 Å². The SMILES string of the molecule is CCC1CCC2(CC1)CC2CNCCOC. The van der Waals surface area contributed by atoms with Crippen LogP contribution in [-0.2, 0) is 4.74 Å². The quantitative estimate of drug-likeness (QED) is 0.702. The van der Waals surface area contributed by atoms with Crippen LogP contribution >= 0.6 is 0 Å². The van der Waals surface area contributed by atoms with E-state index in [-0.39, 0.29) is 0 Å². The molecule has 0 amide bonds. The van der Waals surface area contributed by atoms with E-state index in [0.29, 0.717) is 0 Å². The van der Waals surface area contributed by atoms with Crippen LogP contribution in [0.4, 0.5) is 0 Å². The van der Waals surface area contributed by atoms with Gasteiger partial charge in [-0.15, -0.1) is 0 Å². The summed E-state index contributed by atoms with van der Waals surface area (Å²) in [6, 6.07) is 0. The number of hydrogen-bond donors (Lipinski definition) is 1. The molecule has 1 atom stereocenters. The highest BCUT2D eigenvalue weighted by molar-refractivity contribution is 5.04. The second kappa shape index (κ2) is 5.50. The summed E-state index contributed by atoms with van der Waals surface area (Å²) in [5.74, 6) is 2.01. The topological polar surface area (TPSA) is 21.3 Å². The van der Waals surface area contributed by atoms with Crippen molar-refractivity contribution in [3.63, 3.8) is 0 Å². The van der Waals surface area contributed by atoms with Gasteiger partial charge in [0, 0.05) is 13.7 Å². The van der Waals surface area contributed by atoms with E-state index in [9.17, 15) is 0 Å². The fraction of sp³-hybridized carbons (Fsp3) is 1.00. The number of rotatable bonds is 6. The molecule has 2 aliphatic rings. The van der Waals surface area contributed by atoms with E-state index in [1.54, 1.807) is 7.11 Å². The second-order valence-corrected chi connectivity index (χ2v) is 5.81. The molecule has 2 aliphatic carbocycles. The molecule has 1 spiro atoms. The van der Waals surface area contributed by atoms with Crippen molar-refractivity contribution in [1.29, 1.82) is 0 Å². The summed E-state index contributed by atoms with van der Waals surface area (Å²) in [5, 5.41) is 3.52. The molecular weight excluding hydrogens is 198 g/mol. The average molecular weight is 225 g/mol. The molecule has 2 fully saturated rings. The van der Waals surface area contributed by atoms with Crippen LogP contribution in [0.2, 0.25) is 0 Å². The Hall–Kier alpha value is -0.0800. The predicted octanol–water partition coefficient (Wildman–Crippen LogP) is 2.83. The molecule has 0 saturated heterocycles. The standard InChI is InChI=1S/C14H27NO/c1-3-12-4-6-14(7-5-12)10-13(14)11-15-8-9-16-2/h12-13,15H,3-11H2,1-2H3. The van der Waals surface area contributed by atoms with Gasteiger partial charge in [0.2, 0.25) is 0 Å². The zero-order chi connectivity index (χ0) is 11.4. The molecule has 0 radical (unpaired) electrons. The van der Waals surface area contributed by atoms with Gasteiger partial charge < -0.3 is 10.1 Å². The summed E-state index contributed by atoms with van der Waals surface area (Å²) in [4.78, 5) is 0. The molecule has 2 nitrogen and oxygen atoms in total. The molecule has 0 bridgehead atoms. The minimum Gasteiger partial charge on any atom is -0.383 e. The van der Waals surface area contributed by atoms with Gasteiger partial charge in [0.05, 0.1) is 6.61 Å². The summed E-state index contributed by atoms with van der Waals surface area (Å²) >= 11 is 0. The maximum atomic E-state index is 5.05. The van der Waals surface area contributed by atoms with E-state index in [2.05, 4.69) is 12.2 Å².